The molecule has 1 heterocycles. The van der Waals surface area contributed by atoms with Gasteiger partial charge in [0.25, 0.3) is 0 Å². The minimum Gasteiger partial charge on any atom is -0.389 e. The summed E-state index contributed by atoms with van der Waals surface area (Å²) in [5.74, 6) is 0.108. The third-order valence-electron chi connectivity index (χ3n) is 3.66. The molecule has 0 aromatic heterocycles. The van der Waals surface area contributed by atoms with Gasteiger partial charge in [-0.3, -0.25) is 4.79 Å². The van der Waals surface area contributed by atoms with Crippen molar-refractivity contribution in [1.29, 1.82) is 0 Å². The van der Waals surface area contributed by atoms with Crippen molar-refractivity contribution in [2.75, 3.05) is 25.0 Å². The Morgan fingerprint density at radius 3 is 2.58 bits per heavy atom. The van der Waals surface area contributed by atoms with Gasteiger partial charge in [0.1, 0.15) is 10.5 Å². The number of anilines is 1. The fourth-order valence-corrected chi connectivity index (χ4v) is 2.73. The Labute approximate surface area is 119 Å². The molecule has 1 aliphatic rings. The molecule has 1 fully saturated rings. The fraction of sp³-hybridized carbons (Fsp3) is 0.429. The van der Waals surface area contributed by atoms with Gasteiger partial charge in [0, 0.05) is 31.4 Å². The van der Waals surface area contributed by atoms with Crippen LogP contribution in [0.15, 0.2) is 24.3 Å². The third kappa shape index (κ3) is 2.30. The van der Waals surface area contributed by atoms with E-state index in [1.807, 2.05) is 45.2 Å². The van der Waals surface area contributed by atoms with Crippen molar-refractivity contribution < 1.29 is 4.79 Å². The summed E-state index contributed by atoms with van der Waals surface area (Å²) in [6.07, 6.45) is 0. The number of thiocarbonyl (C=S) groups is 1. The molecule has 1 amide bonds. The highest BCUT2D eigenvalue weighted by Gasteiger charge is 2.41. The molecule has 0 aliphatic carbocycles. The topological polar surface area (TPSA) is 49.6 Å². The summed E-state index contributed by atoms with van der Waals surface area (Å²) in [5.41, 5.74) is 6.95. The Morgan fingerprint density at radius 2 is 1.95 bits per heavy atom. The summed E-state index contributed by atoms with van der Waals surface area (Å²) >= 11 is 5.10. The second kappa shape index (κ2) is 4.81. The van der Waals surface area contributed by atoms with E-state index in [2.05, 4.69) is 4.90 Å². The molecule has 0 unspecified atom stereocenters. The number of para-hydroxylation sites is 1. The van der Waals surface area contributed by atoms with Gasteiger partial charge in [0.15, 0.2) is 0 Å². The lowest BCUT2D eigenvalue weighted by atomic mass is 9.95. The molecular weight excluding hydrogens is 258 g/mol. The highest BCUT2D eigenvalue weighted by Crippen LogP contribution is 2.31. The van der Waals surface area contributed by atoms with Crippen molar-refractivity contribution >= 4 is 28.8 Å². The van der Waals surface area contributed by atoms with E-state index < -0.39 is 5.54 Å². The van der Waals surface area contributed by atoms with Gasteiger partial charge in [0.05, 0.1) is 0 Å². The number of amides is 1. The maximum absolute atomic E-state index is 12.3. The number of hydrogen-bond acceptors (Lipinski definition) is 3. The standard InChI is InChI=1S/C14H19N3OS/c1-14(2)13(18)16(3)8-9-17(14)11-7-5-4-6-10(11)12(15)19/h4-7H,8-9H2,1-3H3,(H2,15,19). The minimum atomic E-state index is -0.589. The van der Waals surface area contributed by atoms with Crippen molar-refractivity contribution in [3.63, 3.8) is 0 Å². The Balaban J connectivity index is 2.47. The van der Waals surface area contributed by atoms with Gasteiger partial charge >= 0.3 is 0 Å². The molecule has 0 atom stereocenters. The van der Waals surface area contributed by atoms with E-state index >= 15 is 0 Å². The summed E-state index contributed by atoms with van der Waals surface area (Å²) in [6.45, 7) is 5.34. The first kappa shape index (κ1) is 13.8. The monoisotopic (exact) mass is 277 g/mol. The smallest absolute Gasteiger partial charge is 0.247 e. The van der Waals surface area contributed by atoms with Crippen LogP contribution in [0.25, 0.3) is 0 Å². The van der Waals surface area contributed by atoms with E-state index in [1.54, 1.807) is 4.90 Å². The van der Waals surface area contributed by atoms with Crippen LogP contribution in [0.1, 0.15) is 19.4 Å². The quantitative estimate of drug-likeness (QED) is 0.830. The van der Waals surface area contributed by atoms with Crippen LogP contribution in [0.2, 0.25) is 0 Å². The zero-order chi connectivity index (χ0) is 14.2. The Morgan fingerprint density at radius 1 is 1.32 bits per heavy atom. The SMILES string of the molecule is CN1CCN(c2ccccc2C(N)=S)C(C)(C)C1=O. The van der Waals surface area contributed by atoms with Crippen LogP contribution in [0.4, 0.5) is 5.69 Å². The molecule has 102 valence electrons. The third-order valence-corrected chi connectivity index (χ3v) is 3.88. The average molecular weight is 277 g/mol. The highest BCUT2D eigenvalue weighted by atomic mass is 32.1. The summed E-state index contributed by atoms with van der Waals surface area (Å²) in [6, 6.07) is 7.71. The van der Waals surface area contributed by atoms with Crippen LogP contribution in [-0.4, -0.2) is 41.5 Å². The number of nitrogens with zero attached hydrogens (tertiary/aromatic N) is 2. The molecular formula is C14H19N3OS. The molecule has 0 bridgehead atoms. The number of carbonyl (C=O) groups is 1. The van der Waals surface area contributed by atoms with Gasteiger partial charge in [-0.05, 0) is 26.0 Å². The van der Waals surface area contributed by atoms with E-state index in [9.17, 15) is 4.79 Å². The van der Waals surface area contributed by atoms with E-state index in [0.717, 1.165) is 17.8 Å². The van der Waals surface area contributed by atoms with E-state index in [0.29, 0.717) is 11.5 Å². The van der Waals surface area contributed by atoms with Crippen LogP contribution in [-0.2, 0) is 4.79 Å². The second-order valence-corrected chi connectivity index (χ2v) is 5.76. The van der Waals surface area contributed by atoms with Crippen molar-refractivity contribution in [1.82, 2.24) is 4.90 Å². The first-order chi connectivity index (χ1) is 8.85. The van der Waals surface area contributed by atoms with Gasteiger partial charge in [-0.15, -0.1) is 0 Å². The molecule has 5 heteroatoms. The number of rotatable bonds is 2. The molecule has 2 N–H and O–H groups in total. The first-order valence-electron chi connectivity index (χ1n) is 6.27. The lowest BCUT2D eigenvalue weighted by molar-refractivity contribution is -0.136. The fourth-order valence-electron chi connectivity index (χ4n) is 2.55. The summed E-state index contributed by atoms with van der Waals surface area (Å²) in [4.78, 5) is 16.5. The van der Waals surface area contributed by atoms with Crippen LogP contribution in [0, 0.1) is 0 Å². The zero-order valence-electron chi connectivity index (χ0n) is 11.5. The number of hydrogen-bond donors (Lipinski definition) is 1. The molecule has 0 saturated carbocycles. The maximum atomic E-state index is 12.3. The lowest BCUT2D eigenvalue weighted by Gasteiger charge is -2.46. The van der Waals surface area contributed by atoms with E-state index in [1.165, 1.54) is 0 Å². The van der Waals surface area contributed by atoms with Crippen LogP contribution in [0.3, 0.4) is 0 Å². The van der Waals surface area contributed by atoms with Gasteiger partial charge in [-0.25, -0.2) is 0 Å². The Hall–Kier alpha value is -1.62. The Bertz CT molecular complexity index is 527. The molecule has 1 aliphatic heterocycles. The summed E-state index contributed by atoms with van der Waals surface area (Å²) in [5, 5.41) is 0. The zero-order valence-corrected chi connectivity index (χ0v) is 12.3. The van der Waals surface area contributed by atoms with E-state index in [4.69, 9.17) is 18.0 Å². The Kier molecular flexibility index (Phi) is 3.49. The van der Waals surface area contributed by atoms with Crippen molar-refractivity contribution in [3.8, 4) is 0 Å². The molecule has 0 spiro atoms. The number of piperazine rings is 1. The average Bonchev–Trinajstić information content (AvgIpc) is 2.36. The number of benzene rings is 1. The first-order valence-corrected chi connectivity index (χ1v) is 6.68. The largest absolute Gasteiger partial charge is 0.389 e. The molecule has 0 radical (unpaired) electrons. The predicted molar refractivity (Wildman–Crippen MR) is 81.4 cm³/mol. The molecule has 1 aromatic rings. The lowest BCUT2D eigenvalue weighted by Crippen LogP contribution is -2.62. The molecule has 1 aromatic carbocycles. The molecule has 2 rings (SSSR count). The molecule has 19 heavy (non-hydrogen) atoms. The van der Waals surface area contributed by atoms with E-state index in [-0.39, 0.29) is 5.91 Å². The number of nitrogens with two attached hydrogens (primary N) is 1. The molecule has 4 nitrogen and oxygen atoms in total. The summed E-state index contributed by atoms with van der Waals surface area (Å²) in [7, 11) is 1.83. The number of carbonyl (C=O) groups excluding carboxylic acids is 1. The molecule has 1 saturated heterocycles. The van der Waals surface area contributed by atoms with Crippen molar-refractivity contribution in [2.45, 2.75) is 19.4 Å². The highest BCUT2D eigenvalue weighted by molar-refractivity contribution is 7.80. The van der Waals surface area contributed by atoms with Gasteiger partial charge in [0.2, 0.25) is 5.91 Å². The van der Waals surface area contributed by atoms with Gasteiger partial charge < -0.3 is 15.5 Å². The van der Waals surface area contributed by atoms with Crippen LogP contribution < -0.4 is 10.6 Å². The van der Waals surface area contributed by atoms with Gasteiger partial charge in [-0.1, -0.05) is 24.4 Å². The van der Waals surface area contributed by atoms with Crippen LogP contribution in [0.5, 0.6) is 0 Å². The van der Waals surface area contributed by atoms with Gasteiger partial charge in [-0.2, -0.15) is 0 Å². The number of likely N-dealkylation sites (N-methyl/N-ethyl adjacent to an activating group) is 1. The maximum Gasteiger partial charge on any atom is 0.247 e. The van der Waals surface area contributed by atoms with Crippen molar-refractivity contribution in [2.24, 2.45) is 5.73 Å². The normalized spacial score (nSPS) is 18.6. The van der Waals surface area contributed by atoms with Crippen molar-refractivity contribution in [3.05, 3.63) is 29.8 Å². The minimum absolute atomic E-state index is 0.108. The summed E-state index contributed by atoms with van der Waals surface area (Å²) < 4.78 is 0. The van der Waals surface area contributed by atoms with Crippen LogP contribution >= 0.6 is 12.2 Å². The predicted octanol–water partition coefficient (Wildman–Crippen LogP) is 1.38. The second-order valence-electron chi connectivity index (χ2n) is 5.32.